The second kappa shape index (κ2) is 4.45. The number of nitrogens with two attached hydrogens (primary N) is 1. The van der Waals surface area contributed by atoms with E-state index in [4.69, 9.17) is 15.0 Å². The van der Waals surface area contributed by atoms with E-state index in [0.29, 0.717) is 23.2 Å². The molecule has 0 aliphatic heterocycles. The van der Waals surface area contributed by atoms with E-state index in [1.54, 1.807) is 12.1 Å². The standard InChI is InChI=1S/C12H13FN2O2/c1-3-9-11(12(14)17-15-9)7-4-5-10(16-2)8(13)6-7/h4-6H,3,14H2,1-2H3. The second-order valence-electron chi connectivity index (χ2n) is 3.57. The molecule has 0 fully saturated rings. The molecular weight excluding hydrogens is 223 g/mol. The van der Waals surface area contributed by atoms with E-state index in [-0.39, 0.29) is 11.6 Å². The number of hydrogen-bond acceptors (Lipinski definition) is 4. The largest absolute Gasteiger partial charge is 0.494 e. The molecule has 1 aromatic carbocycles. The van der Waals surface area contributed by atoms with Crippen LogP contribution in [-0.2, 0) is 6.42 Å². The molecule has 5 heteroatoms. The molecule has 0 bridgehead atoms. The van der Waals surface area contributed by atoms with Gasteiger partial charge in [0.05, 0.1) is 18.4 Å². The van der Waals surface area contributed by atoms with Gasteiger partial charge in [0.25, 0.3) is 0 Å². The highest BCUT2D eigenvalue weighted by Gasteiger charge is 2.15. The Hall–Kier alpha value is -2.04. The van der Waals surface area contributed by atoms with Crippen molar-refractivity contribution in [3.05, 3.63) is 29.7 Å². The van der Waals surface area contributed by atoms with Gasteiger partial charge in [-0.25, -0.2) is 4.39 Å². The Labute approximate surface area is 98.2 Å². The van der Waals surface area contributed by atoms with Crippen molar-refractivity contribution in [2.75, 3.05) is 12.8 Å². The van der Waals surface area contributed by atoms with Crippen molar-refractivity contribution in [1.29, 1.82) is 0 Å². The number of rotatable bonds is 3. The lowest BCUT2D eigenvalue weighted by Gasteiger charge is -2.05. The number of hydrogen-bond donors (Lipinski definition) is 1. The summed E-state index contributed by atoms with van der Waals surface area (Å²) in [5.74, 6) is -0.0408. The molecule has 0 aliphatic rings. The number of ether oxygens (including phenoxy) is 1. The first kappa shape index (κ1) is 11.4. The minimum atomic E-state index is -0.437. The Morgan fingerprint density at radius 3 is 2.82 bits per heavy atom. The quantitative estimate of drug-likeness (QED) is 0.889. The fraction of sp³-hybridized carbons (Fsp3) is 0.250. The second-order valence-corrected chi connectivity index (χ2v) is 3.57. The third-order valence-corrected chi connectivity index (χ3v) is 2.56. The zero-order chi connectivity index (χ0) is 12.4. The average molecular weight is 236 g/mol. The number of nitrogens with zero attached hydrogens (tertiary/aromatic N) is 1. The summed E-state index contributed by atoms with van der Waals surface area (Å²) in [6, 6.07) is 4.64. The summed E-state index contributed by atoms with van der Waals surface area (Å²) < 4.78 is 23.4. The van der Waals surface area contributed by atoms with Gasteiger partial charge in [-0.05, 0) is 24.1 Å². The first-order valence-corrected chi connectivity index (χ1v) is 5.25. The van der Waals surface area contributed by atoms with Crippen molar-refractivity contribution in [3.63, 3.8) is 0 Å². The molecule has 0 atom stereocenters. The van der Waals surface area contributed by atoms with E-state index in [0.717, 1.165) is 0 Å². The average Bonchev–Trinajstić information content (AvgIpc) is 2.70. The molecule has 2 aromatic rings. The smallest absolute Gasteiger partial charge is 0.230 e. The molecule has 1 heterocycles. The van der Waals surface area contributed by atoms with Crippen LogP contribution in [0.4, 0.5) is 10.3 Å². The van der Waals surface area contributed by atoms with Crippen LogP contribution in [-0.4, -0.2) is 12.3 Å². The fourth-order valence-electron chi connectivity index (χ4n) is 1.71. The maximum atomic E-state index is 13.6. The molecule has 2 N–H and O–H groups in total. The number of methoxy groups -OCH3 is 1. The van der Waals surface area contributed by atoms with Crippen molar-refractivity contribution in [2.24, 2.45) is 0 Å². The van der Waals surface area contributed by atoms with E-state index in [9.17, 15) is 4.39 Å². The lowest BCUT2D eigenvalue weighted by atomic mass is 10.0. The van der Waals surface area contributed by atoms with Crippen molar-refractivity contribution in [1.82, 2.24) is 5.16 Å². The van der Waals surface area contributed by atoms with Crippen LogP contribution in [0, 0.1) is 5.82 Å². The molecule has 4 nitrogen and oxygen atoms in total. The van der Waals surface area contributed by atoms with Gasteiger partial charge < -0.3 is 15.0 Å². The van der Waals surface area contributed by atoms with Gasteiger partial charge in [-0.2, -0.15) is 0 Å². The minimum Gasteiger partial charge on any atom is -0.494 e. The van der Waals surface area contributed by atoms with Crippen LogP contribution in [0.1, 0.15) is 12.6 Å². The number of anilines is 1. The predicted molar refractivity (Wildman–Crippen MR) is 62.2 cm³/mol. The third kappa shape index (κ3) is 1.95. The Bertz CT molecular complexity index is 537. The van der Waals surface area contributed by atoms with Crippen LogP contribution in [0.5, 0.6) is 5.75 Å². The van der Waals surface area contributed by atoms with Gasteiger partial charge in [0, 0.05) is 0 Å². The predicted octanol–water partition coefficient (Wildman–Crippen LogP) is 2.63. The molecular formula is C12H13FN2O2. The number of aromatic nitrogens is 1. The van der Waals surface area contributed by atoms with Gasteiger partial charge in [0.1, 0.15) is 0 Å². The maximum Gasteiger partial charge on any atom is 0.230 e. The lowest BCUT2D eigenvalue weighted by molar-refractivity contribution is 0.386. The number of halogens is 1. The highest BCUT2D eigenvalue weighted by atomic mass is 19.1. The highest BCUT2D eigenvalue weighted by molar-refractivity contribution is 5.75. The molecule has 0 aliphatic carbocycles. The number of aryl methyl sites for hydroxylation is 1. The third-order valence-electron chi connectivity index (χ3n) is 2.56. The van der Waals surface area contributed by atoms with Crippen LogP contribution in [0.3, 0.4) is 0 Å². The summed E-state index contributed by atoms with van der Waals surface area (Å²) in [5, 5.41) is 3.83. The molecule has 0 spiro atoms. The summed E-state index contributed by atoms with van der Waals surface area (Å²) >= 11 is 0. The SMILES string of the molecule is CCc1noc(N)c1-c1ccc(OC)c(F)c1. The van der Waals surface area contributed by atoms with Gasteiger partial charge in [-0.1, -0.05) is 18.1 Å². The molecule has 17 heavy (non-hydrogen) atoms. The van der Waals surface area contributed by atoms with Crippen LogP contribution >= 0.6 is 0 Å². The first-order chi connectivity index (χ1) is 8.17. The molecule has 90 valence electrons. The molecule has 2 rings (SSSR count). The monoisotopic (exact) mass is 236 g/mol. The number of nitrogen functional groups attached to an aromatic ring is 1. The van der Waals surface area contributed by atoms with E-state index in [1.807, 2.05) is 6.92 Å². The van der Waals surface area contributed by atoms with Crippen molar-refractivity contribution in [3.8, 4) is 16.9 Å². The van der Waals surface area contributed by atoms with Gasteiger partial charge >= 0.3 is 0 Å². The zero-order valence-corrected chi connectivity index (χ0v) is 9.66. The van der Waals surface area contributed by atoms with Crippen LogP contribution < -0.4 is 10.5 Å². The molecule has 0 saturated heterocycles. The van der Waals surface area contributed by atoms with E-state index >= 15 is 0 Å². The summed E-state index contributed by atoms with van der Waals surface area (Å²) in [6.45, 7) is 1.93. The Morgan fingerprint density at radius 2 is 2.24 bits per heavy atom. The van der Waals surface area contributed by atoms with E-state index in [1.165, 1.54) is 13.2 Å². The van der Waals surface area contributed by atoms with E-state index < -0.39 is 5.82 Å². The normalized spacial score (nSPS) is 10.5. The Morgan fingerprint density at radius 1 is 1.47 bits per heavy atom. The first-order valence-electron chi connectivity index (χ1n) is 5.25. The molecule has 0 unspecified atom stereocenters. The van der Waals surface area contributed by atoms with Gasteiger partial charge in [0.2, 0.25) is 5.88 Å². The molecule has 1 aromatic heterocycles. The van der Waals surface area contributed by atoms with Crippen molar-refractivity contribution < 1.29 is 13.7 Å². The topological polar surface area (TPSA) is 61.3 Å². The summed E-state index contributed by atoms with van der Waals surface area (Å²) in [5.41, 5.74) is 7.69. The van der Waals surface area contributed by atoms with Crippen LogP contribution in [0.2, 0.25) is 0 Å². The molecule has 0 saturated carbocycles. The van der Waals surface area contributed by atoms with Gasteiger partial charge in [-0.3, -0.25) is 0 Å². The van der Waals surface area contributed by atoms with Crippen LogP contribution in [0.25, 0.3) is 11.1 Å². The minimum absolute atomic E-state index is 0.196. The fourth-order valence-corrected chi connectivity index (χ4v) is 1.71. The Kier molecular flexibility index (Phi) is 2.99. The maximum absolute atomic E-state index is 13.6. The van der Waals surface area contributed by atoms with E-state index in [2.05, 4.69) is 5.16 Å². The van der Waals surface area contributed by atoms with Gasteiger partial charge in [-0.15, -0.1) is 0 Å². The van der Waals surface area contributed by atoms with Crippen molar-refractivity contribution in [2.45, 2.75) is 13.3 Å². The summed E-state index contributed by atoms with van der Waals surface area (Å²) in [4.78, 5) is 0. The summed E-state index contributed by atoms with van der Waals surface area (Å²) in [7, 11) is 1.42. The van der Waals surface area contributed by atoms with Gasteiger partial charge in [0.15, 0.2) is 11.6 Å². The van der Waals surface area contributed by atoms with Crippen molar-refractivity contribution >= 4 is 5.88 Å². The summed E-state index contributed by atoms with van der Waals surface area (Å²) in [6.07, 6.45) is 0.670. The highest BCUT2D eigenvalue weighted by Crippen LogP contribution is 2.32. The zero-order valence-electron chi connectivity index (χ0n) is 9.66. The molecule has 0 amide bonds. The lowest BCUT2D eigenvalue weighted by Crippen LogP contribution is -1.92. The molecule has 0 radical (unpaired) electrons. The number of benzene rings is 1. The Balaban J connectivity index is 2.53. The van der Waals surface area contributed by atoms with Crippen LogP contribution in [0.15, 0.2) is 22.7 Å².